The summed E-state index contributed by atoms with van der Waals surface area (Å²) < 4.78 is 10.3. The third-order valence-electron chi connectivity index (χ3n) is 13.0. The first-order valence-electron chi connectivity index (χ1n) is 20.3. The summed E-state index contributed by atoms with van der Waals surface area (Å²) in [4.78, 5) is 58.8. The molecule has 296 valence electrons. The minimum atomic E-state index is -0.632. The van der Waals surface area contributed by atoms with Crippen LogP contribution >= 0.6 is 0 Å². The molecule has 0 radical (unpaired) electrons. The maximum absolute atomic E-state index is 13.7. The van der Waals surface area contributed by atoms with Crippen molar-refractivity contribution in [2.45, 2.75) is 77.0 Å². The van der Waals surface area contributed by atoms with Crippen LogP contribution in [0.25, 0.3) is 28.0 Å². The molecule has 4 heterocycles. The minimum Gasteiger partial charge on any atom is -0.469 e. The number of rotatable bonds is 13. The SMILES string of the molecule is COC(=O)C[C@H](C(=O)N1CCC[C@H]1c1ncc(-c2ccc(-c3ccc(C4=CN=C(C5C6CCC(C6)[C@H]5C(=O)N[C@H](C)c5cccnc5)C4)cc3)cc2)[nH]1)[C@@H](C)OC. The van der Waals surface area contributed by atoms with E-state index in [4.69, 9.17) is 19.5 Å². The van der Waals surface area contributed by atoms with E-state index in [0.29, 0.717) is 18.4 Å². The second-order valence-electron chi connectivity index (χ2n) is 16.2. The van der Waals surface area contributed by atoms with Gasteiger partial charge in [0.25, 0.3) is 0 Å². The zero-order valence-electron chi connectivity index (χ0n) is 33.2. The van der Waals surface area contributed by atoms with Gasteiger partial charge in [0.1, 0.15) is 5.82 Å². The lowest BCUT2D eigenvalue weighted by Gasteiger charge is -2.31. The lowest BCUT2D eigenvalue weighted by atomic mass is 9.74. The fourth-order valence-corrected chi connectivity index (χ4v) is 9.78. The summed E-state index contributed by atoms with van der Waals surface area (Å²) in [6, 6.07) is 20.7. The van der Waals surface area contributed by atoms with Crippen LogP contribution in [0.1, 0.15) is 87.8 Å². The molecule has 0 spiro atoms. The Hall–Kier alpha value is -5.42. The number of allylic oxidation sites excluding steroid dienone is 1. The van der Waals surface area contributed by atoms with Crippen molar-refractivity contribution in [1.82, 2.24) is 25.2 Å². The van der Waals surface area contributed by atoms with Crippen LogP contribution in [-0.2, 0) is 23.9 Å². The van der Waals surface area contributed by atoms with Gasteiger partial charge >= 0.3 is 5.97 Å². The lowest BCUT2D eigenvalue weighted by molar-refractivity contribution is -0.151. The number of esters is 1. The van der Waals surface area contributed by atoms with Gasteiger partial charge in [-0.1, -0.05) is 54.6 Å². The number of likely N-dealkylation sites (tertiary alicyclic amines) is 1. The highest BCUT2D eigenvalue weighted by Gasteiger charge is 2.53. The first-order chi connectivity index (χ1) is 27.7. The van der Waals surface area contributed by atoms with Crippen molar-refractivity contribution in [3.05, 3.63) is 102 Å². The number of ether oxygens (including phenoxy) is 2. The molecular formula is C46H52N6O5. The van der Waals surface area contributed by atoms with Gasteiger partial charge in [0.2, 0.25) is 11.8 Å². The molecule has 2 saturated carbocycles. The molecule has 2 amide bonds. The van der Waals surface area contributed by atoms with Gasteiger partial charge in [-0.3, -0.25) is 24.4 Å². The number of imidazole rings is 1. The summed E-state index contributed by atoms with van der Waals surface area (Å²) >= 11 is 0. The average Bonchev–Trinajstić information content (AvgIpc) is 4.11. The van der Waals surface area contributed by atoms with Gasteiger partial charge in [0, 0.05) is 56.2 Å². The number of aromatic amines is 1. The van der Waals surface area contributed by atoms with E-state index in [2.05, 4.69) is 63.8 Å². The molecule has 4 aromatic rings. The number of nitrogens with zero attached hydrogens (tertiary/aromatic N) is 4. The van der Waals surface area contributed by atoms with Crippen molar-refractivity contribution >= 4 is 29.1 Å². The number of methoxy groups -OCH3 is 2. The Labute approximate surface area is 334 Å². The molecule has 2 N–H and O–H groups in total. The number of H-pyrrole nitrogens is 1. The summed E-state index contributed by atoms with van der Waals surface area (Å²) in [6.45, 7) is 4.44. The van der Waals surface area contributed by atoms with E-state index in [1.165, 1.54) is 19.1 Å². The van der Waals surface area contributed by atoms with Crippen LogP contribution in [-0.4, -0.2) is 70.2 Å². The Morgan fingerprint density at radius 3 is 2.33 bits per heavy atom. The van der Waals surface area contributed by atoms with Crippen molar-refractivity contribution in [2.75, 3.05) is 20.8 Å². The van der Waals surface area contributed by atoms with Crippen LogP contribution < -0.4 is 5.32 Å². The Morgan fingerprint density at radius 2 is 1.63 bits per heavy atom. The molecular weight excluding hydrogens is 717 g/mol. The van der Waals surface area contributed by atoms with E-state index < -0.39 is 18.0 Å². The van der Waals surface area contributed by atoms with Crippen molar-refractivity contribution < 1.29 is 23.9 Å². The Morgan fingerprint density at radius 1 is 0.912 bits per heavy atom. The first kappa shape index (κ1) is 38.5. The van der Waals surface area contributed by atoms with Crippen LogP contribution in [0.15, 0.2) is 90.4 Å². The third-order valence-corrected chi connectivity index (χ3v) is 13.0. The fraction of sp³-hybridized carbons (Fsp3) is 0.435. The first-order valence-corrected chi connectivity index (χ1v) is 20.3. The average molecular weight is 769 g/mol. The summed E-state index contributed by atoms with van der Waals surface area (Å²) in [5.41, 5.74) is 8.63. The summed E-state index contributed by atoms with van der Waals surface area (Å²) in [7, 11) is 2.88. The smallest absolute Gasteiger partial charge is 0.306 e. The summed E-state index contributed by atoms with van der Waals surface area (Å²) in [6.07, 6.45) is 12.8. The molecule has 11 heteroatoms. The van der Waals surface area contributed by atoms with Crippen molar-refractivity contribution in [3.63, 3.8) is 0 Å². The van der Waals surface area contributed by atoms with Crippen LogP contribution in [0.2, 0.25) is 0 Å². The number of carbonyl (C=O) groups excluding carboxylic acids is 3. The number of pyridine rings is 1. The van der Waals surface area contributed by atoms with Crippen LogP contribution in [0, 0.1) is 29.6 Å². The Bertz CT molecular complexity index is 2150. The van der Waals surface area contributed by atoms with Crippen molar-refractivity contribution in [2.24, 2.45) is 34.6 Å². The van der Waals surface area contributed by atoms with Crippen molar-refractivity contribution in [1.29, 1.82) is 0 Å². The number of benzene rings is 2. The zero-order valence-corrected chi connectivity index (χ0v) is 33.2. The highest BCUT2D eigenvalue weighted by molar-refractivity contribution is 6.02. The fourth-order valence-electron chi connectivity index (χ4n) is 9.78. The predicted octanol–water partition coefficient (Wildman–Crippen LogP) is 7.74. The summed E-state index contributed by atoms with van der Waals surface area (Å²) in [5, 5.41) is 3.30. The number of carbonyl (C=O) groups is 3. The Balaban J connectivity index is 0.893. The largest absolute Gasteiger partial charge is 0.469 e. The predicted molar refractivity (Wildman–Crippen MR) is 218 cm³/mol. The molecule has 57 heavy (non-hydrogen) atoms. The molecule has 2 aliphatic carbocycles. The maximum atomic E-state index is 13.7. The number of aliphatic imine (C=N–C) groups is 1. The number of fused-ring (bicyclic) bond motifs is 2. The van der Waals surface area contributed by atoms with Crippen LogP contribution in [0.4, 0.5) is 0 Å². The minimum absolute atomic E-state index is 0.0308. The lowest BCUT2D eigenvalue weighted by Crippen LogP contribution is -2.42. The van der Waals surface area contributed by atoms with E-state index in [1.54, 1.807) is 13.3 Å². The van der Waals surface area contributed by atoms with Gasteiger partial charge in [-0.05, 0) is 97.2 Å². The van der Waals surface area contributed by atoms with Gasteiger partial charge in [-0.15, -0.1) is 0 Å². The molecule has 2 aromatic carbocycles. The van der Waals surface area contributed by atoms with Crippen LogP contribution in [0.5, 0.6) is 0 Å². The van der Waals surface area contributed by atoms with Gasteiger partial charge in [0.15, 0.2) is 0 Å². The molecule has 2 bridgehead atoms. The van der Waals surface area contributed by atoms with Gasteiger partial charge in [-0.2, -0.15) is 0 Å². The second kappa shape index (κ2) is 16.6. The highest BCUT2D eigenvalue weighted by atomic mass is 16.5. The second-order valence-corrected chi connectivity index (χ2v) is 16.2. The van der Waals surface area contributed by atoms with E-state index in [-0.39, 0.29) is 42.2 Å². The monoisotopic (exact) mass is 768 g/mol. The maximum Gasteiger partial charge on any atom is 0.306 e. The van der Waals surface area contributed by atoms with Crippen molar-refractivity contribution in [3.8, 4) is 22.4 Å². The zero-order chi connectivity index (χ0) is 39.6. The molecule has 2 aromatic heterocycles. The van der Waals surface area contributed by atoms with Crippen LogP contribution in [0.3, 0.4) is 0 Å². The molecule has 3 fully saturated rings. The molecule has 11 nitrogen and oxygen atoms in total. The molecule has 1 saturated heterocycles. The quantitative estimate of drug-likeness (QED) is 0.133. The number of hydrogen-bond donors (Lipinski definition) is 2. The van der Waals surface area contributed by atoms with E-state index in [1.807, 2.05) is 49.5 Å². The third kappa shape index (κ3) is 7.82. The van der Waals surface area contributed by atoms with E-state index in [9.17, 15) is 14.4 Å². The van der Waals surface area contributed by atoms with E-state index in [0.717, 1.165) is 77.2 Å². The highest BCUT2D eigenvalue weighted by Crippen LogP contribution is 2.54. The van der Waals surface area contributed by atoms with E-state index >= 15 is 0 Å². The number of hydrogen-bond acceptors (Lipinski definition) is 8. The normalized spacial score (nSPS) is 24.1. The van der Waals surface area contributed by atoms with Gasteiger partial charge in [0.05, 0.1) is 49.5 Å². The number of nitrogens with one attached hydrogen (secondary N) is 2. The molecule has 4 aliphatic rings. The topological polar surface area (TPSA) is 139 Å². The molecule has 8 atom stereocenters. The molecule has 8 rings (SSSR count). The van der Waals surface area contributed by atoms with Gasteiger partial charge in [-0.25, -0.2) is 4.98 Å². The number of amides is 2. The molecule has 3 unspecified atom stereocenters. The number of aromatic nitrogens is 3. The summed E-state index contributed by atoms with van der Waals surface area (Å²) in [5.74, 6) is 0.804. The van der Waals surface area contributed by atoms with Gasteiger partial charge < -0.3 is 24.7 Å². The standard InChI is InChI=1S/C46H52N6O5/c1-27(35-7-5-19-47-24-35)50-45(54)43-34-18-17-33(21-34)42(43)38-22-36(25-48-38)31-11-9-29(10-12-31)30-13-15-32(16-14-30)39-26-49-44(51-39)40-8-6-20-52(40)46(55)37(28(2)56-3)23-41(53)57-4/h5,7,9-16,19,24-28,33-34,37,40,42-43H,6,8,17-18,20-23H2,1-4H3,(H,49,51)(H,50,54)/t27-,28-,33?,34?,37+,40+,42?,43-/m1/s1. The molecule has 2 aliphatic heterocycles. The Kier molecular flexibility index (Phi) is 11.2.